The summed E-state index contributed by atoms with van der Waals surface area (Å²) < 4.78 is 0. The molecule has 1 spiro atoms. The Bertz CT molecular complexity index is 693. The van der Waals surface area contributed by atoms with E-state index in [0.717, 1.165) is 44.5 Å². The van der Waals surface area contributed by atoms with Crippen molar-refractivity contribution < 1.29 is 14.7 Å². The molecule has 2 aliphatic rings. The molecule has 1 aromatic carbocycles. The topological polar surface area (TPSA) is 60.9 Å². The lowest BCUT2D eigenvalue weighted by Crippen LogP contribution is -2.52. The minimum Gasteiger partial charge on any atom is -0.396 e. The van der Waals surface area contributed by atoms with Crippen LogP contribution < -0.4 is 0 Å². The smallest absolute Gasteiger partial charge is 0.227 e. The number of hydrogen-bond acceptors (Lipinski definition) is 3. The molecule has 0 radical (unpaired) electrons. The van der Waals surface area contributed by atoms with Crippen LogP contribution >= 0.6 is 0 Å². The third-order valence-electron chi connectivity index (χ3n) is 6.36. The van der Waals surface area contributed by atoms with Gasteiger partial charge in [0, 0.05) is 39.2 Å². The van der Waals surface area contributed by atoms with Crippen LogP contribution in [0.4, 0.5) is 0 Å². The molecule has 5 heteroatoms. The molecule has 1 aromatic rings. The van der Waals surface area contributed by atoms with Gasteiger partial charge in [0.25, 0.3) is 0 Å². The van der Waals surface area contributed by atoms with Crippen LogP contribution in [0, 0.1) is 19.3 Å². The number of aliphatic hydroxyl groups excluding tert-OH is 1. The van der Waals surface area contributed by atoms with E-state index in [0.29, 0.717) is 25.8 Å². The first-order valence-electron chi connectivity index (χ1n) is 10.1. The second-order valence-electron chi connectivity index (χ2n) is 8.38. The van der Waals surface area contributed by atoms with Gasteiger partial charge in [0.15, 0.2) is 0 Å². The maximum absolute atomic E-state index is 12.8. The highest BCUT2D eigenvalue weighted by Crippen LogP contribution is 2.40. The maximum Gasteiger partial charge on any atom is 0.227 e. The van der Waals surface area contributed by atoms with E-state index in [1.807, 2.05) is 9.80 Å². The number of benzene rings is 1. The van der Waals surface area contributed by atoms with Crippen LogP contribution in [-0.4, -0.2) is 59.5 Å². The van der Waals surface area contributed by atoms with Crippen LogP contribution in [0.2, 0.25) is 0 Å². The SMILES string of the molecule is Cc1ccc(C)c(CC(=O)N2CCC3(CCC(=O)N(CCCO)C3)CC2)c1. The number of rotatable bonds is 5. The van der Waals surface area contributed by atoms with Gasteiger partial charge in [-0.05, 0) is 56.1 Å². The fourth-order valence-corrected chi connectivity index (χ4v) is 4.47. The van der Waals surface area contributed by atoms with Gasteiger partial charge >= 0.3 is 0 Å². The highest BCUT2D eigenvalue weighted by Gasteiger charge is 2.41. The largest absolute Gasteiger partial charge is 0.396 e. The average Bonchev–Trinajstić information content (AvgIpc) is 2.66. The molecule has 2 fully saturated rings. The van der Waals surface area contributed by atoms with Gasteiger partial charge in [0.05, 0.1) is 6.42 Å². The van der Waals surface area contributed by atoms with E-state index in [1.165, 1.54) is 11.1 Å². The number of piperidine rings is 2. The van der Waals surface area contributed by atoms with Gasteiger partial charge < -0.3 is 14.9 Å². The van der Waals surface area contributed by atoms with Gasteiger partial charge in [-0.25, -0.2) is 0 Å². The standard InChI is InChI=1S/C22H32N2O3/c1-17-4-5-18(2)19(14-17)15-21(27)23-11-8-22(9-12-23)7-6-20(26)24(16-22)10-3-13-25/h4-5,14,25H,3,6-13,15-16H2,1-2H3. The van der Waals surface area contributed by atoms with Crippen LogP contribution in [0.15, 0.2) is 18.2 Å². The lowest BCUT2D eigenvalue weighted by molar-refractivity contribution is -0.142. The molecule has 0 aliphatic carbocycles. The molecule has 27 heavy (non-hydrogen) atoms. The van der Waals surface area contributed by atoms with Crippen molar-refractivity contribution in [2.75, 3.05) is 32.8 Å². The summed E-state index contributed by atoms with van der Waals surface area (Å²) in [5.74, 6) is 0.421. The van der Waals surface area contributed by atoms with Crippen LogP contribution in [-0.2, 0) is 16.0 Å². The number of amides is 2. The molecule has 0 bridgehead atoms. The summed E-state index contributed by atoms with van der Waals surface area (Å²) in [5.41, 5.74) is 3.64. The Hall–Kier alpha value is -1.88. The van der Waals surface area contributed by atoms with Crippen molar-refractivity contribution in [1.29, 1.82) is 0 Å². The summed E-state index contributed by atoms with van der Waals surface area (Å²) in [6, 6.07) is 6.29. The number of hydrogen-bond donors (Lipinski definition) is 1. The zero-order valence-electron chi connectivity index (χ0n) is 16.7. The second-order valence-corrected chi connectivity index (χ2v) is 8.38. The average molecular weight is 373 g/mol. The molecule has 2 aliphatic heterocycles. The van der Waals surface area contributed by atoms with E-state index < -0.39 is 0 Å². The van der Waals surface area contributed by atoms with Crippen molar-refractivity contribution in [2.24, 2.45) is 5.41 Å². The fourth-order valence-electron chi connectivity index (χ4n) is 4.47. The van der Waals surface area contributed by atoms with Crippen LogP contribution in [0.1, 0.15) is 48.8 Å². The summed E-state index contributed by atoms with van der Waals surface area (Å²) in [6.45, 7) is 7.24. The van der Waals surface area contributed by atoms with Gasteiger partial charge in [-0.3, -0.25) is 9.59 Å². The first kappa shape index (κ1) is 19.9. The van der Waals surface area contributed by atoms with Crippen molar-refractivity contribution >= 4 is 11.8 Å². The van der Waals surface area contributed by atoms with Gasteiger partial charge in [-0.2, -0.15) is 0 Å². The van der Waals surface area contributed by atoms with E-state index in [-0.39, 0.29) is 23.8 Å². The Morgan fingerprint density at radius 3 is 2.63 bits per heavy atom. The number of carbonyl (C=O) groups excluding carboxylic acids is 2. The van der Waals surface area contributed by atoms with Crippen molar-refractivity contribution in [2.45, 2.75) is 52.4 Å². The Balaban J connectivity index is 1.57. The van der Waals surface area contributed by atoms with Gasteiger partial charge in [-0.15, -0.1) is 0 Å². The maximum atomic E-state index is 12.8. The number of likely N-dealkylation sites (tertiary alicyclic amines) is 2. The number of aryl methyl sites for hydroxylation is 2. The van der Waals surface area contributed by atoms with Crippen LogP contribution in [0.25, 0.3) is 0 Å². The number of nitrogens with zero attached hydrogens (tertiary/aromatic N) is 2. The van der Waals surface area contributed by atoms with Gasteiger partial charge in [-0.1, -0.05) is 23.8 Å². The molecule has 5 nitrogen and oxygen atoms in total. The quantitative estimate of drug-likeness (QED) is 0.864. The molecule has 2 heterocycles. The predicted octanol–water partition coefficient (Wildman–Crippen LogP) is 2.46. The predicted molar refractivity (Wildman–Crippen MR) is 105 cm³/mol. The number of aliphatic hydroxyl groups is 1. The molecule has 0 aromatic heterocycles. The summed E-state index contributed by atoms with van der Waals surface area (Å²) in [6.07, 6.45) is 4.58. The highest BCUT2D eigenvalue weighted by molar-refractivity contribution is 5.79. The molecule has 0 saturated carbocycles. The monoisotopic (exact) mass is 372 g/mol. The zero-order valence-corrected chi connectivity index (χ0v) is 16.7. The zero-order chi connectivity index (χ0) is 19.4. The molecule has 0 atom stereocenters. The first-order chi connectivity index (χ1) is 12.9. The van der Waals surface area contributed by atoms with Gasteiger partial charge in [0.1, 0.15) is 0 Å². The minimum atomic E-state index is 0.122. The molecule has 148 valence electrons. The van der Waals surface area contributed by atoms with E-state index >= 15 is 0 Å². The Morgan fingerprint density at radius 1 is 1.19 bits per heavy atom. The molecule has 3 rings (SSSR count). The lowest BCUT2D eigenvalue weighted by Gasteiger charge is -2.47. The fraction of sp³-hybridized carbons (Fsp3) is 0.636. The van der Waals surface area contributed by atoms with Crippen molar-refractivity contribution in [3.63, 3.8) is 0 Å². The Labute approximate surface area is 162 Å². The van der Waals surface area contributed by atoms with Crippen molar-refractivity contribution in [1.82, 2.24) is 9.80 Å². The summed E-state index contributed by atoms with van der Waals surface area (Å²) in [5, 5.41) is 9.06. The van der Waals surface area contributed by atoms with E-state index in [9.17, 15) is 9.59 Å². The van der Waals surface area contributed by atoms with Crippen molar-refractivity contribution in [3.05, 3.63) is 34.9 Å². The number of carbonyl (C=O) groups is 2. The first-order valence-corrected chi connectivity index (χ1v) is 10.1. The van der Waals surface area contributed by atoms with E-state index in [1.54, 1.807) is 0 Å². The van der Waals surface area contributed by atoms with Crippen molar-refractivity contribution in [3.8, 4) is 0 Å². The highest BCUT2D eigenvalue weighted by atomic mass is 16.3. The molecule has 1 N–H and O–H groups in total. The minimum absolute atomic E-state index is 0.122. The lowest BCUT2D eigenvalue weighted by atomic mass is 9.72. The molecule has 2 amide bonds. The molecular weight excluding hydrogens is 340 g/mol. The summed E-state index contributed by atoms with van der Waals surface area (Å²) in [4.78, 5) is 28.9. The van der Waals surface area contributed by atoms with Crippen LogP contribution in [0.3, 0.4) is 0 Å². The summed E-state index contributed by atoms with van der Waals surface area (Å²) >= 11 is 0. The Morgan fingerprint density at radius 2 is 1.93 bits per heavy atom. The normalized spacial score (nSPS) is 19.6. The Kier molecular flexibility index (Phi) is 6.20. The molecule has 0 unspecified atom stereocenters. The third-order valence-corrected chi connectivity index (χ3v) is 6.36. The molecular formula is C22H32N2O3. The van der Waals surface area contributed by atoms with Gasteiger partial charge in [0.2, 0.25) is 11.8 Å². The summed E-state index contributed by atoms with van der Waals surface area (Å²) in [7, 11) is 0. The van der Waals surface area contributed by atoms with E-state index in [2.05, 4.69) is 32.0 Å². The third kappa shape index (κ3) is 4.70. The van der Waals surface area contributed by atoms with Crippen LogP contribution in [0.5, 0.6) is 0 Å². The molecule has 2 saturated heterocycles. The van der Waals surface area contributed by atoms with E-state index in [4.69, 9.17) is 5.11 Å². The second kappa shape index (κ2) is 8.42.